The van der Waals surface area contributed by atoms with Crippen molar-refractivity contribution in [3.63, 3.8) is 0 Å². The number of isocyanates is 1. The van der Waals surface area contributed by atoms with Crippen LogP contribution in [0.25, 0.3) is 0 Å². The monoisotopic (exact) mass is 164 g/mol. The summed E-state index contributed by atoms with van der Waals surface area (Å²) >= 11 is 0. The van der Waals surface area contributed by atoms with Crippen LogP contribution in [0.2, 0.25) is 0 Å². The molecule has 0 spiro atoms. The minimum Gasteiger partial charge on any atom is -0.308 e. The van der Waals surface area contributed by atoms with Crippen LogP contribution in [0.5, 0.6) is 0 Å². The lowest BCUT2D eigenvalue weighted by Crippen LogP contribution is -2.14. The molecule has 0 saturated heterocycles. The lowest BCUT2D eigenvalue weighted by atomic mass is 10.5. The average molecular weight is 164 g/mol. The van der Waals surface area contributed by atoms with Crippen LogP contribution in [0.1, 0.15) is 6.17 Å². The highest BCUT2D eigenvalue weighted by atomic mass is 16.1. The molecule has 1 aromatic heterocycles. The van der Waals surface area contributed by atoms with Crippen LogP contribution in [0.3, 0.4) is 0 Å². The van der Waals surface area contributed by atoms with E-state index in [1.54, 1.807) is 6.20 Å². The molecule has 62 valence electrons. The van der Waals surface area contributed by atoms with Gasteiger partial charge in [-0.3, -0.25) is 4.57 Å². The van der Waals surface area contributed by atoms with Crippen molar-refractivity contribution in [1.29, 1.82) is 0 Å². The number of aromatic nitrogens is 2. The van der Waals surface area contributed by atoms with Crippen LogP contribution in [-0.2, 0) is 4.79 Å². The summed E-state index contributed by atoms with van der Waals surface area (Å²) in [5.41, 5.74) is 5.58. The lowest BCUT2D eigenvalue weighted by Gasteiger charge is -2.07. The molecule has 5 nitrogen and oxygen atoms in total. The fourth-order valence-electron chi connectivity index (χ4n) is 0.779. The van der Waals surface area contributed by atoms with Crippen LogP contribution in [-0.4, -0.2) is 15.6 Å². The smallest absolute Gasteiger partial charge is 0.243 e. The summed E-state index contributed by atoms with van der Waals surface area (Å²) in [6.45, 7) is 3.50. The number of nitrogens with zero attached hydrogens (tertiary/aromatic N) is 3. The SMILES string of the molecule is C=CC(N)n1ccnc1N=C=O. The van der Waals surface area contributed by atoms with E-state index in [0.717, 1.165) is 0 Å². The van der Waals surface area contributed by atoms with E-state index >= 15 is 0 Å². The van der Waals surface area contributed by atoms with E-state index in [-0.39, 0.29) is 5.95 Å². The summed E-state index contributed by atoms with van der Waals surface area (Å²) in [5, 5.41) is 0. The van der Waals surface area contributed by atoms with Gasteiger partial charge in [0, 0.05) is 12.4 Å². The van der Waals surface area contributed by atoms with Gasteiger partial charge in [0.2, 0.25) is 12.0 Å². The first kappa shape index (κ1) is 8.39. The molecule has 0 fully saturated rings. The summed E-state index contributed by atoms with van der Waals surface area (Å²) in [7, 11) is 0. The van der Waals surface area contributed by atoms with Crippen molar-refractivity contribution >= 4 is 12.0 Å². The highest BCUT2D eigenvalue weighted by molar-refractivity contribution is 5.41. The van der Waals surface area contributed by atoms with E-state index in [1.807, 2.05) is 0 Å². The van der Waals surface area contributed by atoms with E-state index < -0.39 is 6.17 Å². The molecule has 1 aromatic rings. The minimum absolute atomic E-state index is 0.234. The van der Waals surface area contributed by atoms with Gasteiger partial charge in [-0.15, -0.1) is 4.99 Å². The highest BCUT2D eigenvalue weighted by Crippen LogP contribution is 2.12. The molecule has 2 N–H and O–H groups in total. The summed E-state index contributed by atoms with van der Waals surface area (Å²) in [6.07, 6.45) is 5.61. The van der Waals surface area contributed by atoms with Gasteiger partial charge in [-0.05, 0) is 0 Å². The molecule has 1 atom stereocenters. The molecule has 0 aliphatic rings. The van der Waals surface area contributed by atoms with Gasteiger partial charge in [0.05, 0.1) is 0 Å². The van der Waals surface area contributed by atoms with Crippen molar-refractivity contribution in [2.45, 2.75) is 6.17 Å². The van der Waals surface area contributed by atoms with Gasteiger partial charge in [0.25, 0.3) is 0 Å². The summed E-state index contributed by atoms with van der Waals surface area (Å²) < 4.78 is 1.51. The number of hydrogen-bond acceptors (Lipinski definition) is 4. The van der Waals surface area contributed by atoms with Crippen molar-refractivity contribution in [2.75, 3.05) is 0 Å². The molecule has 0 aromatic carbocycles. The predicted molar refractivity (Wildman–Crippen MR) is 43.4 cm³/mol. The van der Waals surface area contributed by atoms with Gasteiger partial charge in [-0.25, -0.2) is 9.78 Å². The quantitative estimate of drug-likeness (QED) is 0.401. The maximum absolute atomic E-state index is 9.92. The number of carbonyl (C=O) groups excluding carboxylic acids is 1. The Balaban J connectivity index is 3.05. The molecule has 1 rings (SSSR count). The number of rotatable bonds is 3. The second-order valence-corrected chi connectivity index (χ2v) is 2.06. The highest BCUT2D eigenvalue weighted by Gasteiger charge is 2.04. The van der Waals surface area contributed by atoms with Crippen molar-refractivity contribution in [3.8, 4) is 0 Å². The third kappa shape index (κ3) is 1.47. The Bertz CT molecular complexity index is 324. The van der Waals surface area contributed by atoms with Crippen LogP contribution in [0.4, 0.5) is 5.95 Å². The summed E-state index contributed by atoms with van der Waals surface area (Å²) in [5.74, 6) is 0.234. The van der Waals surface area contributed by atoms with Gasteiger partial charge in [0.15, 0.2) is 0 Å². The Kier molecular flexibility index (Phi) is 2.53. The molecule has 1 unspecified atom stereocenters. The number of aliphatic imine (C=N–C) groups is 1. The summed E-state index contributed by atoms with van der Waals surface area (Å²) in [6, 6.07) is 0. The standard InChI is InChI=1S/C7H8N4O/c1-2-6(8)11-4-3-9-7(11)10-5-12/h2-4,6H,1,8H2. The zero-order chi connectivity index (χ0) is 8.97. The van der Waals surface area contributed by atoms with E-state index in [9.17, 15) is 4.79 Å². The van der Waals surface area contributed by atoms with E-state index in [2.05, 4.69) is 16.6 Å². The number of imidazole rings is 1. The van der Waals surface area contributed by atoms with Crippen LogP contribution < -0.4 is 5.73 Å². The second kappa shape index (κ2) is 3.61. The molecule has 5 heteroatoms. The Morgan fingerprint density at radius 2 is 2.67 bits per heavy atom. The molecule has 0 aliphatic carbocycles. The fourth-order valence-corrected chi connectivity index (χ4v) is 0.779. The van der Waals surface area contributed by atoms with Crippen molar-refractivity contribution in [2.24, 2.45) is 10.7 Å². The first-order chi connectivity index (χ1) is 5.79. The molecule has 0 saturated carbocycles. The summed E-state index contributed by atoms with van der Waals surface area (Å²) in [4.78, 5) is 17.1. The van der Waals surface area contributed by atoms with Gasteiger partial charge in [-0.1, -0.05) is 12.7 Å². The maximum Gasteiger partial charge on any atom is 0.243 e. The van der Waals surface area contributed by atoms with Gasteiger partial charge < -0.3 is 5.73 Å². The molecule has 0 radical (unpaired) electrons. The largest absolute Gasteiger partial charge is 0.308 e. The molecule has 0 bridgehead atoms. The van der Waals surface area contributed by atoms with Crippen molar-refractivity contribution in [1.82, 2.24) is 9.55 Å². The Morgan fingerprint density at radius 1 is 1.92 bits per heavy atom. The predicted octanol–water partition coefficient (Wildman–Crippen LogP) is 0.494. The van der Waals surface area contributed by atoms with Crippen LogP contribution >= 0.6 is 0 Å². The van der Waals surface area contributed by atoms with Crippen LogP contribution in [0.15, 0.2) is 30.0 Å². The normalized spacial score (nSPS) is 11.8. The fraction of sp³-hybridized carbons (Fsp3) is 0.143. The Morgan fingerprint density at radius 3 is 3.25 bits per heavy atom. The van der Waals surface area contributed by atoms with Crippen LogP contribution in [0, 0.1) is 0 Å². The molecule has 1 heterocycles. The van der Waals surface area contributed by atoms with E-state index in [1.165, 1.54) is 22.9 Å². The number of nitrogens with two attached hydrogens (primary N) is 1. The average Bonchev–Trinajstić information content (AvgIpc) is 2.52. The molecule has 0 aliphatic heterocycles. The molecule has 0 amide bonds. The van der Waals surface area contributed by atoms with Gasteiger partial charge >= 0.3 is 0 Å². The van der Waals surface area contributed by atoms with Crippen molar-refractivity contribution < 1.29 is 4.79 Å². The maximum atomic E-state index is 9.92. The minimum atomic E-state index is -0.417. The van der Waals surface area contributed by atoms with E-state index in [0.29, 0.717) is 0 Å². The molecular formula is C7H8N4O. The lowest BCUT2D eigenvalue weighted by molar-refractivity contribution is 0.563. The zero-order valence-electron chi connectivity index (χ0n) is 6.34. The number of hydrogen-bond donors (Lipinski definition) is 1. The van der Waals surface area contributed by atoms with Gasteiger partial charge in [-0.2, -0.15) is 0 Å². The molecular weight excluding hydrogens is 156 g/mol. The molecule has 12 heavy (non-hydrogen) atoms. The Labute approximate surface area is 69.2 Å². The first-order valence-electron chi connectivity index (χ1n) is 3.28. The van der Waals surface area contributed by atoms with E-state index in [4.69, 9.17) is 5.73 Å². The topological polar surface area (TPSA) is 73.3 Å². The first-order valence-corrected chi connectivity index (χ1v) is 3.28. The third-order valence-electron chi connectivity index (χ3n) is 1.36. The zero-order valence-corrected chi connectivity index (χ0v) is 6.34. The van der Waals surface area contributed by atoms with Gasteiger partial charge in [0.1, 0.15) is 6.17 Å². The second-order valence-electron chi connectivity index (χ2n) is 2.06. The Hall–Kier alpha value is -1.71. The third-order valence-corrected chi connectivity index (χ3v) is 1.36. The van der Waals surface area contributed by atoms with Crippen molar-refractivity contribution in [3.05, 3.63) is 25.0 Å².